The topological polar surface area (TPSA) is 47.0 Å². The normalized spacial score (nSPS) is 10.5. The SMILES string of the molecule is CSc1ccc(-c2cccnc2Oc2ccc(Nc3ccccn3)cc2)cc1. The predicted molar refractivity (Wildman–Crippen MR) is 115 cm³/mol. The van der Waals surface area contributed by atoms with Crippen molar-refractivity contribution in [2.75, 3.05) is 11.6 Å². The summed E-state index contributed by atoms with van der Waals surface area (Å²) in [5.74, 6) is 2.12. The van der Waals surface area contributed by atoms with Gasteiger partial charge in [0.15, 0.2) is 0 Å². The van der Waals surface area contributed by atoms with Gasteiger partial charge in [-0.3, -0.25) is 0 Å². The fourth-order valence-corrected chi connectivity index (χ4v) is 3.17. The number of pyridine rings is 2. The van der Waals surface area contributed by atoms with Crippen LogP contribution in [0.25, 0.3) is 11.1 Å². The zero-order chi connectivity index (χ0) is 19.2. The molecule has 2 aromatic carbocycles. The molecule has 4 aromatic rings. The minimum Gasteiger partial charge on any atom is -0.438 e. The fraction of sp³-hybridized carbons (Fsp3) is 0.0435. The molecule has 2 aromatic heterocycles. The molecule has 2 heterocycles. The molecule has 5 heteroatoms. The van der Waals surface area contributed by atoms with Crippen LogP contribution in [-0.2, 0) is 0 Å². The Labute approximate surface area is 168 Å². The first-order valence-electron chi connectivity index (χ1n) is 8.87. The van der Waals surface area contributed by atoms with E-state index in [1.807, 2.05) is 54.6 Å². The molecule has 0 bridgehead atoms. The molecular weight excluding hydrogens is 366 g/mol. The summed E-state index contributed by atoms with van der Waals surface area (Å²) >= 11 is 1.72. The number of benzene rings is 2. The lowest BCUT2D eigenvalue weighted by molar-refractivity contribution is 0.465. The summed E-state index contributed by atoms with van der Waals surface area (Å²) in [4.78, 5) is 9.93. The summed E-state index contributed by atoms with van der Waals surface area (Å²) in [5, 5.41) is 3.26. The van der Waals surface area contributed by atoms with Crippen LogP contribution in [0.4, 0.5) is 11.5 Å². The third-order valence-corrected chi connectivity index (χ3v) is 4.92. The van der Waals surface area contributed by atoms with E-state index in [0.717, 1.165) is 28.4 Å². The number of ether oxygens (including phenoxy) is 1. The average Bonchev–Trinajstić information content (AvgIpc) is 2.76. The maximum atomic E-state index is 6.07. The van der Waals surface area contributed by atoms with Crippen molar-refractivity contribution in [3.8, 4) is 22.8 Å². The zero-order valence-electron chi connectivity index (χ0n) is 15.4. The number of thioether (sulfide) groups is 1. The Morgan fingerprint density at radius 3 is 2.29 bits per heavy atom. The van der Waals surface area contributed by atoms with Crippen molar-refractivity contribution in [1.82, 2.24) is 9.97 Å². The van der Waals surface area contributed by atoms with Crippen LogP contribution in [0, 0.1) is 0 Å². The standard InChI is InChI=1S/C23H19N3OS/c1-28-20-13-7-17(8-14-20)21-5-4-16-25-23(21)27-19-11-9-18(10-12-19)26-22-6-2-3-15-24-22/h2-16H,1H3,(H,24,26). The van der Waals surface area contributed by atoms with Gasteiger partial charge < -0.3 is 10.1 Å². The molecule has 0 aliphatic heterocycles. The van der Waals surface area contributed by atoms with Gasteiger partial charge in [-0.05, 0) is 72.5 Å². The third kappa shape index (κ3) is 4.32. The molecule has 0 aliphatic rings. The van der Waals surface area contributed by atoms with Gasteiger partial charge in [0.25, 0.3) is 0 Å². The van der Waals surface area contributed by atoms with Crippen LogP contribution >= 0.6 is 11.8 Å². The summed E-state index contributed by atoms with van der Waals surface area (Å²) < 4.78 is 6.07. The van der Waals surface area contributed by atoms with Crippen LogP contribution in [0.3, 0.4) is 0 Å². The fourth-order valence-electron chi connectivity index (χ4n) is 2.76. The van der Waals surface area contributed by atoms with E-state index >= 15 is 0 Å². The van der Waals surface area contributed by atoms with Crippen LogP contribution in [0.15, 0.2) is 96.2 Å². The van der Waals surface area contributed by atoms with Gasteiger partial charge in [0.1, 0.15) is 11.6 Å². The number of hydrogen-bond donors (Lipinski definition) is 1. The molecular formula is C23H19N3OS. The lowest BCUT2D eigenvalue weighted by Gasteiger charge is -2.11. The highest BCUT2D eigenvalue weighted by Gasteiger charge is 2.09. The first-order valence-corrected chi connectivity index (χ1v) is 10.1. The van der Waals surface area contributed by atoms with E-state index in [9.17, 15) is 0 Å². The Kier molecular flexibility index (Phi) is 5.54. The molecule has 138 valence electrons. The molecule has 0 unspecified atom stereocenters. The lowest BCUT2D eigenvalue weighted by Crippen LogP contribution is -1.94. The Hall–Kier alpha value is -3.31. The first-order chi connectivity index (χ1) is 13.8. The van der Waals surface area contributed by atoms with Crippen LogP contribution in [0.5, 0.6) is 11.6 Å². The van der Waals surface area contributed by atoms with Crippen molar-refractivity contribution in [1.29, 1.82) is 0 Å². The molecule has 4 nitrogen and oxygen atoms in total. The summed E-state index contributed by atoms with van der Waals surface area (Å²) in [5.41, 5.74) is 2.99. The lowest BCUT2D eigenvalue weighted by atomic mass is 10.1. The van der Waals surface area contributed by atoms with Crippen molar-refractivity contribution in [3.05, 3.63) is 91.3 Å². The highest BCUT2D eigenvalue weighted by Crippen LogP contribution is 2.32. The Balaban J connectivity index is 1.53. The van der Waals surface area contributed by atoms with Gasteiger partial charge in [0.2, 0.25) is 5.88 Å². The van der Waals surface area contributed by atoms with Gasteiger partial charge in [-0.1, -0.05) is 18.2 Å². The van der Waals surface area contributed by atoms with Gasteiger partial charge in [0.05, 0.1) is 0 Å². The molecule has 0 saturated heterocycles. The van der Waals surface area contributed by atoms with Gasteiger partial charge in [-0.25, -0.2) is 9.97 Å². The number of rotatable bonds is 6. The third-order valence-electron chi connectivity index (χ3n) is 4.18. The molecule has 0 aliphatic carbocycles. The monoisotopic (exact) mass is 385 g/mol. The van der Waals surface area contributed by atoms with Crippen LogP contribution in [0.2, 0.25) is 0 Å². The summed E-state index contributed by atoms with van der Waals surface area (Å²) in [7, 11) is 0. The second kappa shape index (κ2) is 8.59. The maximum Gasteiger partial charge on any atom is 0.227 e. The van der Waals surface area contributed by atoms with Crippen molar-refractivity contribution >= 4 is 23.3 Å². The first kappa shape index (κ1) is 18.1. The number of nitrogens with zero attached hydrogens (tertiary/aromatic N) is 2. The Bertz CT molecular complexity index is 1040. The van der Waals surface area contributed by atoms with E-state index in [-0.39, 0.29) is 0 Å². The van der Waals surface area contributed by atoms with Gasteiger partial charge >= 0.3 is 0 Å². The molecule has 1 N–H and O–H groups in total. The van der Waals surface area contributed by atoms with Crippen LogP contribution in [-0.4, -0.2) is 16.2 Å². The summed E-state index contributed by atoms with van der Waals surface area (Å²) in [6.07, 6.45) is 5.57. The highest BCUT2D eigenvalue weighted by molar-refractivity contribution is 7.98. The molecule has 28 heavy (non-hydrogen) atoms. The number of hydrogen-bond acceptors (Lipinski definition) is 5. The number of nitrogens with one attached hydrogen (secondary N) is 1. The van der Waals surface area contributed by atoms with E-state index in [2.05, 4.69) is 45.8 Å². The molecule has 0 saturated carbocycles. The summed E-state index contributed by atoms with van der Waals surface area (Å²) in [6, 6.07) is 25.9. The second-order valence-corrected chi connectivity index (χ2v) is 6.93. The molecule has 0 fully saturated rings. The second-order valence-electron chi connectivity index (χ2n) is 6.05. The maximum absolute atomic E-state index is 6.07. The van der Waals surface area contributed by atoms with Gasteiger partial charge in [-0.15, -0.1) is 11.8 Å². The minimum absolute atomic E-state index is 0.588. The predicted octanol–water partition coefficient (Wildman–Crippen LogP) is 6.40. The molecule has 0 atom stereocenters. The van der Waals surface area contributed by atoms with Crippen LogP contribution in [0.1, 0.15) is 0 Å². The molecule has 0 spiro atoms. The van der Waals surface area contributed by atoms with E-state index in [1.54, 1.807) is 24.2 Å². The number of aromatic nitrogens is 2. The smallest absolute Gasteiger partial charge is 0.227 e. The number of anilines is 2. The van der Waals surface area contributed by atoms with E-state index in [4.69, 9.17) is 4.74 Å². The quantitative estimate of drug-likeness (QED) is 0.389. The Morgan fingerprint density at radius 1 is 0.786 bits per heavy atom. The summed E-state index contributed by atoms with van der Waals surface area (Å²) in [6.45, 7) is 0. The highest BCUT2D eigenvalue weighted by atomic mass is 32.2. The van der Waals surface area contributed by atoms with Gasteiger partial charge in [0, 0.05) is 28.5 Å². The van der Waals surface area contributed by atoms with E-state index in [1.165, 1.54) is 4.90 Å². The Morgan fingerprint density at radius 2 is 1.57 bits per heavy atom. The molecule has 4 rings (SSSR count). The van der Waals surface area contributed by atoms with Crippen LogP contribution < -0.4 is 10.1 Å². The zero-order valence-corrected chi connectivity index (χ0v) is 16.2. The largest absolute Gasteiger partial charge is 0.438 e. The molecule has 0 radical (unpaired) electrons. The minimum atomic E-state index is 0.588. The van der Waals surface area contributed by atoms with E-state index < -0.39 is 0 Å². The van der Waals surface area contributed by atoms with Crippen molar-refractivity contribution in [3.63, 3.8) is 0 Å². The van der Waals surface area contributed by atoms with Gasteiger partial charge in [-0.2, -0.15) is 0 Å². The van der Waals surface area contributed by atoms with Crippen molar-refractivity contribution < 1.29 is 4.74 Å². The van der Waals surface area contributed by atoms with Crippen molar-refractivity contribution in [2.24, 2.45) is 0 Å². The molecule has 0 amide bonds. The van der Waals surface area contributed by atoms with E-state index in [0.29, 0.717) is 5.88 Å². The van der Waals surface area contributed by atoms with Crippen molar-refractivity contribution in [2.45, 2.75) is 4.90 Å². The average molecular weight is 385 g/mol.